The Hall–Kier alpha value is -3.73. The van der Waals surface area contributed by atoms with Crippen LogP contribution in [0, 0.1) is 6.92 Å². The van der Waals surface area contributed by atoms with E-state index in [4.69, 9.17) is 4.98 Å². The van der Waals surface area contributed by atoms with Crippen molar-refractivity contribution in [2.75, 3.05) is 13.1 Å². The molecule has 5 rings (SSSR count). The normalized spacial score (nSPS) is 17.4. The zero-order valence-corrected chi connectivity index (χ0v) is 21.2. The number of aryl methyl sites for hydroxylation is 1. The van der Waals surface area contributed by atoms with E-state index in [9.17, 15) is 4.79 Å². The molecule has 2 atom stereocenters. The first-order valence-electron chi connectivity index (χ1n) is 13.0. The van der Waals surface area contributed by atoms with Crippen molar-refractivity contribution in [3.63, 3.8) is 0 Å². The fourth-order valence-electron chi connectivity index (χ4n) is 5.40. The SMILES string of the molecule is CCC1CN(C(=O)c2cccnc2)CC(CCc2ccccc2)n2c1nc(Cc1ccccc1)c2C. The van der Waals surface area contributed by atoms with Gasteiger partial charge in [-0.2, -0.15) is 0 Å². The molecule has 0 fully saturated rings. The summed E-state index contributed by atoms with van der Waals surface area (Å²) < 4.78 is 2.46. The molecular weight excluding hydrogens is 444 g/mol. The van der Waals surface area contributed by atoms with Gasteiger partial charge in [-0.1, -0.05) is 67.6 Å². The summed E-state index contributed by atoms with van der Waals surface area (Å²) in [5.74, 6) is 1.37. The molecule has 0 saturated heterocycles. The maximum Gasteiger partial charge on any atom is 0.255 e. The number of imidazole rings is 1. The Balaban J connectivity index is 1.51. The first kappa shape index (κ1) is 24.0. The summed E-state index contributed by atoms with van der Waals surface area (Å²) in [7, 11) is 0. The number of rotatable bonds is 7. The highest BCUT2D eigenvalue weighted by molar-refractivity contribution is 5.94. The van der Waals surface area contributed by atoms with E-state index < -0.39 is 0 Å². The lowest BCUT2D eigenvalue weighted by molar-refractivity contribution is 0.0729. The van der Waals surface area contributed by atoms with Gasteiger partial charge in [-0.15, -0.1) is 0 Å². The lowest BCUT2D eigenvalue weighted by Crippen LogP contribution is -2.36. The van der Waals surface area contributed by atoms with Crippen molar-refractivity contribution < 1.29 is 4.79 Å². The topological polar surface area (TPSA) is 51.0 Å². The quantitative estimate of drug-likeness (QED) is 0.327. The van der Waals surface area contributed by atoms with Crippen LogP contribution in [0.4, 0.5) is 0 Å². The molecule has 1 aliphatic rings. The fraction of sp³-hybridized carbons (Fsp3) is 0.323. The van der Waals surface area contributed by atoms with E-state index in [0.29, 0.717) is 18.7 Å². The van der Waals surface area contributed by atoms with Crippen molar-refractivity contribution >= 4 is 5.91 Å². The van der Waals surface area contributed by atoms with Crippen LogP contribution in [0.25, 0.3) is 0 Å². The van der Waals surface area contributed by atoms with E-state index in [-0.39, 0.29) is 17.9 Å². The van der Waals surface area contributed by atoms with Gasteiger partial charge in [0.05, 0.1) is 17.3 Å². The van der Waals surface area contributed by atoms with Gasteiger partial charge in [0.15, 0.2) is 0 Å². The Morgan fingerprint density at radius 3 is 2.33 bits per heavy atom. The number of hydrogen-bond donors (Lipinski definition) is 0. The average molecular weight is 479 g/mol. The molecule has 3 heterocycles. The molecule has 0 spiro atoms. The van der Waals surface area contributed by atoms with Gasteiger partial charge in [0, 0.05) is 43.5 Å². The molecule has 5 heteroatoms. The van der Waals surface area contributed by atoms with E-state index in [1.807, 2.05) is 17.0 Å². The van der Waals surface area contributed by atoms with Crippen molar-refractivity contribution in [2.24, 2.45) is 0 Å². The number of carbonyl (C=O) groups is 1. The Morgan fingerprint density at radius 2 is 1.67 bits per heavy atom. The van der Waals surface area contributed by atoms with Gasteiger partial charge in [-0.25, -0.2) is 4.98 Å². The zero-order chi connectivity index (χ0) is 24.9. The molecule has 5 nitrogen and oxygen atoms in total. The molecule has 184 valence electrons. The summed E-state index contributed by atoms with van der Waals surface area (Å²) in [5.41, 5.74) is 5.61. The van der Waals surface area contributed by atoms with Crippen molar-refractivity contribution in [3.8, 4) is 0 Å². The fourth-order valence-corrected chi connectivity index (χ4v) is 5.40. The van der Waals surface area contributed by atoms with Crippen LogP contribution in [-0.2, 0) is 12.8 Å². The van der Waals surface area contributed by atoms with Crippen molar-refractivity contribution in [3.05, 3.63) is 119 Å². The van der Waals surface area contributed by atoms with E-state index >= 15 is 0 Å². The number of fused-ring (bicyclic) bond motifs is 1. The summed E-state index contributed by atoms with van der Waals surface area (Å²) in [4.78, 5) is 25.0. The van der Waals surface area contributed by atoms with Crippen LogP contribution in [0.2, 0.25) is 0 Å². The minimum Gasteiger partial charge on any atom is -0.336 e. The highest BCUT2D eigenvalue weighted by Gasteiger charge is 2.34. The number of benzene rings is 2. The van der Waals surface area contributed by atoms with Gasteiger partial charge in [-0.05, 0) is 49.4 Å². The van der Waals surface area contributed by atoms with Crippen LogP contribution >= 0.6 is 0 Å². The van der Waals surface area contributed by atoms with Gasteiger partial charge in [0.25, 0.3) is 5.91 Å². The summed E-state index contributed by atoms with van der Waals surface area (Å²) in [5, 5.41) is 0. The third-order valence-electron chi connectivity index (χ3n) is 7.39. The lowest BCUT2D eigenvalue weighted by atomic mass is 10.0. The summed E-state index contributed by atoms with van der Waals surface area (Å²) in [6, 6.07) is 25.1. The third kappa shape index (κ3) is 5.11. The number of pyridine rings is 1. The molecule has 36 heavy (non-hydrogen) atoms. The Labute approximate surface area is 213 Å². The number of nitrogens with zero attached hydrogens (tertiary/aromatic N) is 4. The molecule has 0 aliphatic carbocycles. The van der Waals surface area contributed by atoms with Crippen LogP contribution in [0.3, 0.4) is 0 Å². The average Bonchev–Trinajstić information content (AvgIpc) is 3.15. The van der Waals surface area contributed by atoms with Crippen molar-refractivity contribution in [2.45, 2.75) is 51.5 Å². The monoisotopic (exact) mass is 478 g/mol. The van der Waals surface area contributed by atoms with Gasteiger partial charge in [0.1, 0.15) is 5.82 Å². The van der Waals surface area contributed by atoms with Crippen molar-refractivity contribution in [1.29, 1.82) is 0 Å². The molecule has 2 aromatic carbocycles. The molecule has 0 radical (unpaired) electrons. The molecule has 4 aromatic rings. The van der Waals surface area contributed by atoms with Crippen LogP contribution in [0.5, 0.6) is 0 Å². The van der Waals surface area contributed by atoms with Gasteiger partial charge in [0.2, 0.25) is 0 Å². The van der Waals surface area contributed by atoms with E-state index in [0.717, 1.165) is 37.2 Å². The van der Waals surface area contributed by atoms with E-state index in [1.165, 1.54) is 16.8 Å². The second-order valence-electron chi connectivity index (χ2n) is 9.77. The minimum atomic E-state index is 0.0548. The Morgan fingerprint density at radius 1 is 0.944 bits per heavy atom. The van der Waals surface area contributed by atoms with E-state index in [2.05, 4.69) is 84.1 Å². The number of amides is 1. The molecule has 1 amide bonds. The Bertz CT molecular complexity index is 1280. The van der Waals surface area contributed by atoms with Crippen LogP contribution in [0.1, 0.15) is 70.4 Å². The zero-order valence-electron chi connectivity index (χ0n) is 21.2. The maximum atomic E-state index is 13.6. The number of carbonyl (C=O) groups excluding carboxylic acids is 1. The van der Waals surface area contributed by atoms with Gasteiger partial charge in [-0.3, -0.25) is 9.78 Å². The van der Waals surface area contributed by atoms with Gasteiger partial charge < -0.3 is 9.47 Å². The predicted molar refractivity (Wildman–Crippen MR) is 143 cm³/mol. The van der Waals surface area contributed by atoms with Crippen LogP contribution in [-0.4, -0.2) is 38.4 Å². The minimum absolute atomic E-state index is 0.0548. The second-order valence-corrected chi connectivity index (χ2v) is 9.77. The first-order valence-corrected chi connectivity index (χ1v) is 13.0. The summed E-state index contributed by atoms with van der Waals surface area (Å²) >= 11 is 0. The molecular formula is C31H34N4O. The first-order chi connectivity index (χ1) is 17.6. The van der Waals surface area contributed by atoms with Crippen LogP contribution in [0.15, 0.2) is 85.2 Å². The number of aromatic nitrogens is 3. The third-order valence-corrected chi connectivity index (χ3v) is 7.39. The Kier molecular flexibility index (Phi) is 7.26. The predicted octanol–water partition coefficient (Wildman–Crippen LogP) is 6.00. The largest absolute Gasteiger partial charge is 0.336 e. The van der Waals surface area contributed by atoms with E-state index in [1.54, 1.807) is 12.4 Å². The highest BCUT2D eigenvalue weighted by atomic mass is 16.2. The smallest absolute Gasteiger partial charge is 0.255 e. The standard InChI is InChI=1S/C31H34N4O/c1-3-26-21-34(31(36)27-15-10-18-32-20-27)22-28(17-16-24-11-6-4-7-12-24)35-23(2)29(33-30(26)35)19-25-13-8-5-9-14-25/h4-15,18,20,26,28H,3,16-17,19,21-22H2,1-2H3. The van der Waals surface area contributed by atoms with Gasteiger partial charge >= 0.3 is 0 Å². The molecule has 0 bridgehead atoms. The summed E-state index contributed by atoms with van der Waals surface area (Å²) in [6.07, 6.45) is 7.06. The van der Waals surface area contributed by atoms with Crippen LogP contribution < -0.4 is 0 Å². The molecule has 1 aliphatic heterocycles. The summed E-state index contributed by atoms with van der Waals surface area (Å²) in [6.45, 7) is 5.75. The molecule has 0 N–H and O–H groups in total. The number of hydrogen-bond acceptors (Lipinski definition) is 3. The second kappa shape index (κ2) is 10.9. The van der Waals surface area contributed by atoms with Crippen molar-refractivity contribution in [1.82, 2.24) is 19.4 Å². The lowest BCUT2D eigenvalue weighted by Gasteiger charge is -2.27. The molecule has 2 unspecified atom stereocenters. The highest BCUT2D eigenvalue weighted by Crippen LogP contribution is 2.34. The molecule has 0 saturated carbocycles. The molecule has 2 aromatic heterocycles. The maximum absolute atomic E-state index is 13.6.